The van der Waals surface area contributed by atoms with E-state index < -0.39 is 51.5 Å². The van der Waals surface area contributed by atoms with Crippen molar-refractivity contribution in [3.63, 3.8) is 0 Å². The largest absolute Gasteiger partial charge is 1.00 e. The number of aryl methyl sites for hydroxylation is 2. The zero-order chi connectivity index (χ0) is 76.8. The minimum atomic E-state index is -4.68. The smallest absolute Gasteiger partial charge is 0.481 e. The van der Waals surface area contributed by atoms with E-state index in [0.29, 0.717) is 43.1 Å². The number of aliphatic hydroxyl groups excluding tert-OH is 2. The van der Waals surface area contributed by atoms with Crippen LogP contribution in [0.2, 0.25) is 0 Å². The van der Waals surface area contributed by atoms with Gasteiger partial charge in [0.15, 0.2) is 0 Å². The molecule has 600 valence electrons. The maximum Gasteiger partial charge on any atom is 1.00 e. The van der Waals surface area contributed by atoms with Crippen LogP contribution in [0.1, 0.15) is 296 Å². The number of hydrogen-bond acceptors (Lipinski definition) is 10. The van der Waals surface area contributed by atoms with Gasteiger partial charge in [0.1, 0.15) is 12.4 Å². The van der Waals surface area contributed by atoms with Crippen LogP contribution in [0, 0.1) is 62.2 Å². The maximum absolute atomic E-state index is 12.3. The van der Waals surface area contributed by atoms with E-state index >= 15 is 0 Å². The van der Waals surface area contributed by atoms with Crippen LogP contribution in [-0.4, -0.2) is 117 Å². The first-order valence-electron chi connectivity index (χ1n) is 39.5. The normalized spacial score (nSPS) is 19.4. The number of Topliss-reactive ketones (excluding diaryl/α,β-unsaturated/α-hetero) is 1. The number of ether oxygens (including phenoxy) is 2. The molecule has 0 bridgehead atoms. The Hall–Kier alpha value is -1.34. The molecule has 0 aromatic heterocycles. The Balaban J connectivity index is -0.00000113. The quantitative estimate of drug-likeness (QED) is 0.0166. The fraction of sp³-hybridized carbons (Fsp3) is 0.780. The number of carboxylic acid groups (broad SMARTS) is 1. The van der Waals surface area contributed by atoms with E-state index in [9.17, 15) is 45.5 Å². The molecule has 22 heteroatoms. The van der Waals surface area contributed by atoms with E-state index in [1.165, 1.54) is 180 Å². The molecule has 6 saturated carbocycles. The standard InChI is InChI=1S/C16H24O3S.C12H12BrF3O.C9H15Cl3O.C9H14.C8H14O2.C8H16O.C8H14O.2C4H8O.C2H7P.CH3F.CH3.Li/c1-13-9-11-16(12-10-13)20(17,18)19-14(2)15-7-5-3-4-6-8-15;13-10-6-3-5-9(8-10)4-1-2-7-11(17)12(14,15)16;10-9(11,12)8(13)7-5-3-1-2-4-6-7;1-2-9-7-5-3-4-6-8-9;9-8(10)7-5-3-1-2-4-6-7;2*9-7-8-5-3-1-2-4-6-8;2*1-2-4-5-3-1;1-3-2;1-2;;/h9-12,14-15H,3-8H2,1-2H3;3,5-6,8H,1-2,4,7H2;7-8,13H,1-6H2;1,9H,3-8H2;7H,1-6H2,(H,9,10);8-9H,1-7H2;7-8H,1-6H2;2*1-4H2;3H,1-2H3;1H3;1H3;/q;;;;;;;;;;;-1;+1/i;;;;;;;;;;1D;;. The van der Waals surface area contributed by atoms with Gasteiger partial charge in [-0.05, 0) is 197 Å². The Bertz CT molecular complexity index is 2450. The predicted molar refractivity (Wildman–Crippen MR) is 428 cm³/mol. The van der Waals surface area contributed by atoms with Gasteiger partial charge in [0.05, 0.1) is 25.4 Å². The summed E-state index contributed by atoms with van der Waals surface area (Å²) in [5, 5.41) is 27.2. The van der Waals surface area contributed by atoms with Crippen LogP contribution in [0.25, 0.3) is 0 Å². The average molecular weight is 1630 g/mol. The summed E-state index contributed by atoms with van der Waals surface area (Å²) in [5.41, 5.74) is 2.10. The minimum absolute atomic E-state index is 0. The summed E-state index contributed by atoms with van der Waals surface area (Å²) in [6.45, 7) is 12.5. The molecule has 2 unspecified atom stereocenters. The van der Waals surface area contributed by atoms with Crippen molar-refractivity contribution in [3.8, 4) is 12.3 Å². The number of carbonyl (C=O) groups is 3. The maximum atomic E-state index is 12.3. The second kappa shape index (κ2) is 69.6. The summed E-state index contributed by atoms with van der Waals surface area (Å²) in [6.07, 6.45) is 50.7. The van der Waals surface area contributed by atoms with Crippen molar-refractivity contribution in [2.45, 2.75) is 323 Å². The van der Waals surface area contributed by atoms with Crippen LogP contribution in [-0.2, 0) is 44.6 Å². The monoisotopic (exact) mass is 1630 g/mol. The molecule has 2 aromatic rings. The Kier molecular flexibility index (Phi) is 70.1. The van der Waals surface area contributed by atoms with Gasteiger partial charge in [-0.1, -0.05) is 235 Å². The van der Waals surface area contributed by atoms with Crippen LogP contribution in [0.15, 0.2) is 57.9 Å². The molecule has 104 heavy (non-hydrogen) atoms. The van der Waals surface area contributed by atoms with Crippen LogP contribution >= 0.6 is 59.3 Å². The molecule has 2 saturated heterocycles. The van der Waals surface area contributed by atoms with Crippen molar-refractivity contribution in [2.75, 3.05) is 53.5 Å². The summed E-state index contributed by atoms with van der Waals surface area (Å²) < 4.78 is 90.5. The van der Waals surface area contributed by atoms with Crippen molar-refractivity contribution in [3.05, 3.63) is 71.6 Å². The third kappa shape index (κ3) is 58.6. The fourth-order valence-electron chi connectivity index (χ4n) is 13.1. The van der Waals surface area contributed by atoms with Crippen molar-refractivity contribution in [2.24, 2.45) is 35.5 Å². The molecule has 2 heterocycles. The van der Waals surface area contributed by atoms with E-state index in [4.69, 9.17) is 66.5 Å². The zero-order valence-corrected chi connectivity index (χ0v) is 70.5. The molecule has 3 N–H and O–H groups in total. The molecule has 0 spiro atoms. The molecule has 8 aliphatic rings. The van der Waals surface area contributed by atoms with Gasteiger partial charge in [-0.2, -0.15) is 21.6 Å². The van der Waals surface area contributed by atoms with Gasteiger partial charge in [-0.15, -0.1) is 20.9 Å². The van der Waals surface area contributed by atoms with Crippen LogP contribution in [0.4, 0.5) is 17.6 Å². The van der Waals surface area contributed by atoms with Gasteiger partial charge in [0.25, 0.3) is 10.1 Å². The fourth-order valence-corrected chi connectivity index (χ4v) is 15.3. The molecule has 0 radical (unpaired) electrons. The molecule has 11 nitrogen and oxygen atoms in total. The number of aliphatic hydroxyl groups is 2. The van der Waals surface area contributed by atoms with Crippen molar-refractivity contribution >= 4 is 87.5 Å². The van der Waals surface area contributed by atoms with Crippen LogP contribution in [0.5, 0.6) is 0 Å². The van der Waals surface area contributed by atoms with Gasteiger partial charge in [-0.25, -0.2) is 0 Å². The van der Waals surface area contributed by atoms with Crippen LogP contribution < -0.4 is 18.9 Å². The van der Waals surface area contributed by atoms with Gasteiger partial charge in [-0.3, -0.25) is 18.2 Å². The van der Waals surface area contributed by atoms with Crippen molar-refractivity contribution < 1.29 is 89.6 Å². The molecule has 2 aliphatic heterocycles. The molecule has 0 amide bonds. The number of aliphatic carboxylic acids is 1. The number of alkyl halides is 7. The molecule has 10 rings (SSSR count). The molecular formula is C82H138BrCl3F4LiO11PS. The summed E-state index contributed by atoms with van der Waals surface area (Å²) in [4.78, 5) is 31.7. The first kappa shape index (κ1) is 105. The molecule has 8 fully saturated rings. The topological polar surface area (TPSA) is 174 Å². The number of carboxylic acids is 1. The number of terminal acetylenes is 1. The Labute approximate surface area is 668 Å². The van der Waals surface area contributed by atoms with Gasteiger partial charge >= 0.3 is 31.0 Å². The minimum Gasteiger partial charge on any atom is -0.481 e. The van der Waals surface area contributed by atoms with E-state index in [0.717, 1.165) is 134 Å². The first-order chi connectivity index (χ1) is 49.3. The number of hydrogen-bond donors (Lipinski definition) is 3. The number of benzene rings is 2. The molecular weight excluding hydrogens is 1490 g/mol. The number of aldehydes is 1. The third-order valence-electron chi connectivity index (χ3n) is 19.4. The molecule has 2 atom stereocenters. The summed E-state index contributed by atoms with van der Waals surface area (Å²) in [6, 6.07) is 14.4. The number of rotatable bonds is 13. The van der Waals surface area contributed by atoms with Gasteiger partial charge in [0.2, 0.25) is 9.58 Å². The second-order valence-electron chi connectivity index (χ2n) is 28.3. The summed E-state index contributed by atoms with van der Waals surface area (Å²) >= 11 is 20.3. The Morgan fingerprint density at radius 3 is 1.43 bits per heavy atom. The predicted octanol–water partition coefficient (Wildman–Crippen LogP) is 21.3. The molecule has 2 aromatic carbocycles. The number of carbonyl (C=O) groups excluding carboxylic acids is 2. The third-order valence-corrected chi connectivity index (χ3v) is 22.0. The van der Waals surface area contributed by atoms with Gasteiger partial charge < -0.3 is 37.0 Å². The van der Waals surface area contributed by atoms with Crippen molar-refractivity contribution in [1.29, 1.82) is 0 Å². The Morgan fingerprint density at radius 1 is 0.683 bits per heavy atom. The SMILES string of the molecule is C#CC1CCCCCC1.C1CCOC1.C1CCOC1.CPC.Cc1ccc(S(=O)(=O)OC(C)C2CCCCCC2)cc1.O=C(CCCCc1cccc(Br)c1)C(F)(F)F.O=C(O)C1CCCCCC1.O=CC1CCCCCC1.OC(C1CCCCCC1)C(Cl)(Cl)Cl.OCC1CCCCCC1.[2H]CF.[CH3-].[Li+]. The van der Waals surface area contributed by atoms with Gasteiger partial charge in [0, 0.05) is 55.8 Å². The van der Waals surface area contributed by atoms with E-state index in [1.807, 2.05) is 38.1 Å². The van der Waals surface area contributed by atoms with Crippen molar-refractivity contribution in [1.82, 2.24) is 0 Å². The van der Waals surface area contributed by atoms with E-state index in [-0.39, 0.29) is 55.5 Å². The van der Waals surface area contributed by atoms with Crippen LogP contribution in [0.3, 0.4) is 0 Å². The van der Waals surface area contributed by atoms with E-state index in [2.05, 4.69) is 35.2 Å². The Morgan fingerprint density at radius 2 is 1.08 bits per heavy atom. The number of halogens is 8. The summed E-state index contributed by atoms with van der Waals surface area (Å²) in [5.74, 6) is 2.73. The second-order valence-corrected chi connectivity index (χ2v) is 34.1. The first-order valence-corrected chi connectivity index (χ1v) is 44.1. The number of ketones is 1. The number of unbranched alkanes of at least 4 members (excludes halogenated alkanes) is 1. The molecule has 6 aliphatic carbocycles. The zero-order valence-electron chi connectivity index (χ0n) is 65.8. The van der Waals surface area contributed by atoms with E-state index in [1.54, 1.807) is 24.3 Å². The average Bonchev–Trinajstić information content (AvgIpc) is 1.23. The summed E-state index contributed by atoms with van der Waals surface area (Å²) in [7, 11) is -3.55.